The second-order valence-electron chi connectivity index (χ2n) is 5.37. The van der Waals surface area contributed by atoms with Crippen LogP contribution in [-0.2, 0) is 14.3 Å². The average Bonchev–Trinajstić information content (AvgIpc) is 2.81. The summed E-state index contributed by atoms with van der Waals surface area (Å²) in [5.74, 6) is -0.0942. The number of rotatable bonds is 6. The Balaban J connectivity index is 2.72. The predicted molar refractivity (Wildman–Crippen MR) is 72.8 cm³/mol. The molecule has 110 valence electrons. The second-order valence-corrected chi connectivity index (χ2v) is 5.37. The SMILES string of the molecule is COCCN(CC(=O)N(C)C)C(=O)C1(C)CCCN1. The normalized spacial score (nSPS) is 22.3. The molecule has 0 aromatic rings. The van der Waals surface area contributed by atoms with Gasteiger partial charge in [0.2, 0.25) is 11.8 Å². The molecule has 0 bridgehead atoms. The zero-order valence-corrected chi connectivity index (χ0v) is 12.4. The summed E-state index contributed by atoms with van der Waals surface area (Å²) in [5, 5.41) is 3.24. The highest BCUT2D eigenvalue weighted by Gasteiger charge is 2.39. The molecule has 6 heteroatoms. The summed E-state index contributed by atoms with van der Waals surface area (Å²) < 4.78 is 5.02. The predicted octanol–water partition coefficient (Wildman–Crippen LogP) is -0.308. The minimum Gasteiger partial charge on any atom is -0.383 e. The summed E-state index contributed by atoms with van der Waals surface area (Å²) in [7, 11) is 4.97. The molecule has 0 aliphatic carbocycles. The lowest BCUT2D eigenvalue weighted by Crippen LogP contribution is -2.55. The van der Waals surface area contributed by atoms with E-state index in [4.69, 9.17) is 4.74 Å². The number of nitrogens with zero attached hydrogens (tertiary/aromatic N) is 2. The molecule has 1 rings (SSSR count). The molecule has 0 radical (unpaired) electrons. The summed E-state index contributed by atoms with van der Waals surface area (Å²) in [6, 6.07) is 0. The van der Waals surface area contributed by atoms with Crippen molar-refractivity contribution in [3.05, 3.63) is 0 Å². The Bertz CT molecular complexity index is 325. The number of ether oxygens (including phenoxy) is 1. The minimum atomic E-state index is -0.541. The van der Waals surface area contributed by atoms with Crippen molar-refractivity contribution in [2.75, 3.05) is 47.4 Å². The van der Waals surface area contributed by atoms with Crippen LogP contribution in [0.5, 0.6) is 0 Å². The highest BCUT2D eigenvalue weighted by molar-refractivity contribution is 5.90. The third kappa shape index (κ3) is 4.18. The molecule has 6 nitrogen and oxygen atoms in total. The van der Waals surface area contributed by atoms with Crippen LogP contribution in [0.4, 0.5) is 0 Å². The van der Waals surface area contributed by atoms with Crippen molar-refractivity contribution in [3.63, 3.8) is 0 Å². The first-order valence-electron chi connectivity index (χ1n) is 6.64. The lowest BCUT2D eigenvalue weighted by atomic mass is 9.98. The van der Waals surface area contributed by atoms with Gasteiger partial charge >= 0.3 is 0 Å². The Morgan fingerprint density at radius 2 is 2.05 bits per heavy atom. The summed E-state index contributed by atoms with van der Waals surface area (Å²) in [6.07, 6.45) is 1.80. The zero-order chi connectivity index (χ0) is 14.5. The fourth-order valence-corrected chi connectivity index (χ4v) is 2.18. The average molecular weight is 271 g/mol. The number of hydrogen-bond donors (Lipinski definition) is 1. The van der Waals surface area contributed by atoms with Crippen LogP contribution in [0.2, 0.25) is 0 Å². The van der Waals surface area contributed by atoms with Gasteiger partial charge in [0, 0.05) is 27.7 Å². The van der Waals surface area contributed by atoms with Gasteiger partial charge in [-0.2, -0.15) is 0 Å². The summed E-state index contributed by atoms with van der Waals surface area (Å²) in [5.41, 5.74) is -0.541. The quantitative estimate of drug-likeness (QED) is 0.720. The Hall–Kier alpha value is -1.14. The molecule has 19 heavy (non-hydrogen) atoms. The molecule has 1 heterocycles. The van der Waals surface area contributed by atoms with Crippen LogP contribution in [0, 0.1) is 0 Å². The molecule has 1 unspecified atom stereocenters. The van der Waals surface area contributed by atoms with Gasteiger partial charge in [0.05, 0.1) is 18.7 Å². The first kappa shape index (κ1) is 15.9. The molecule has 0 aromatic heterocycles. The molecule has 1 aliphatic heterocycles. The summed E-state index contributed by atoms with van der Waals surface area (Å²) in [6.45, 7) is 3.73. The smallest absolute Gasteiger partial charge is 0.243 e. The van der Waals surface area contributed by atoms with Crippen molar-refractivity contribution in [2.24, 2.45) is 0 Å². The molecule has 0 aromatic carbocycles. The number of carbonyl (C=O) groups is 2. The molecule has 0 saturated carbocycles. The topological polar surface area (TPSA) is 61.9 Å². The van der Waals surface area contributed by atoms with Crippen LogP contribution in [-0.4, -0.2) is 74.6 Å². The van der Waals surface area contributed by atoms with Crippen LogP contribution in [0.15, 0.2) is 0 Å². The van der Waals surface area contributed by atoms with Crippen LogP contribution in [0.25, 0.3) is 0 Å². The maximum Gasteiger partial charge on any atom is 0.243 e. The number of carbonyl (C=O) groups excluding carboxylic acids is 2. The Kier molecular flexibility index (Phi) is 5.75. The third-order valence-electron chi connectivity index (χ3n) is 3.52. The largest absolute Gasteiger partial charge is 0.383 e. The van der Waals surface area contributed by atoms with E-state index in [1.165, 1.54) is 4.90 Å². The van der Waals surface area contributed by atoms with E-state index in [-0.39, 0.29) is 18.4 Å². The van der Waals surface area contributed by atoms with E-state index < -0.39 is 5.54 Å². The van der Waals surface area contributed by atoms with Gasteiger partial charge in [-0.1, -0.05) is 0 Å². The monoisotopic (exact) mass is 271 g/mol. The summed E-state index contributed by atoms with van der Waals surface area (Å²) in [4.78, 5) is 27.5. The molecular weight excluding hydrogens is 246 g/mol. The standard InChI is InChI=1S/C13H25N3O3/c1-13(6-5-7-14-13)12(18)16(8-9-19-4)10-11(17)15(2)3/h14H,5-10H2,1-4H3. The molecule has 1 N–H and O–H groups in total. The Labute approximate surface area is 115 Å². The van der Waals surface area contributed by atoms with Crippen LogP contribution < -0.4 is 5.32 Å². The number of hydrogen-bond acceptors (Lipinski definition) is 4. The van der Waals surface area contributed by atoms with E-state index >= 15 is 0 Å². The molecule has 1 atom stereocenters. The molecule has 2 amide bonds. The molecule has 1 fully saturated rings. The van der Waals surface area contributed by atoms with Crippen molar-refractivity contribution in [1.82, 2.24) is 15.1 Å². The van der Waals surface area contributed by atoms with E-state index in [1.807, 2.05) is 6.92 Å². The minimum absolute atomic E-state index is 0.0164. The molecule has 0 spiro atoms. The molecule has 1 aliphatic rings. The highest BCUT2D eigenvalue weighted by Crippen LogP contribution is 2.21. The van der Waals surface area contributed by atoms with E-state index in [0.29, 0.717) is 13.2 Å². The first-order chi connectivity index (χ1) is 8.90. The fourth-order valence-electron chi connectivity index (χ4n) is 2.18. The lowest BCUT2D eigenvalue weighted by Gasteiger charge is -2.32. The summed E-state index contributed by atoms with van der Waals surface area (Å²) >= 11 is 0. The van der Waals surface area contributed by atoms with Gasteiger partial charge in [-0.05, 0) is 26.3 Å². The third-order valence-corrected chi connectivity index (χ3v) is 3.52. The number of nitrogens with one attached hydrogen (secondary N) is 1. The number of likely N-dealkylation sites (N-methyl/N-ethyl adjacent to an activating group) is 1. The molecule has 1 saturated heterocycles. The Morgan fingerprint density at radius 1 is 1.37 bits per heavy atom. The van der Waals surface area contributed by atoms with Crippen molar-refractivity contribution < 1.29 is 14.3 Å². The van der Waals surface area contributed by atoms with Crippen molar-refractivity contribution >= 4 is 11.8 Å². The van der Waals surface area contributed by atoms with E-state index in [2.05, 4.69) is 5.32 Å². The van der Waals surface area contributed by atoms with Gasteiger partial charge in [0.25, 0.3) is 0 Å². The van der Waals surface area contributed by atoms with Crippen molar-refractivity contribution in [3.8, 4) is 0 Å². The van der Waals surface area contributed by atoms with Crippen LogP contribution in [0.3, 0.4) is 0 Å². The van der Waals surface area contributed by atoms with E-state index in [1.54, 1.807) is 26.1 Å². The second kappa shape index (κ2) is 6.86. The zero-order valence-electron chi connectivity index (χ0n) is 12.4. The van der Waals surface area contributed by atoms with Crippen LogP contribution in [0.1, 0.15) is 19.8 Å². The van der Waals surface area contributed by atoms with Gasteiger partial charge in [-0.15, -0.1) is 0 Å². The first-order valence-corrected chi connectivity index (χ1v) is 6.64. The van der Waals surface area contributed by atoms with Gasteiger partial charge in [0.1, 0.15) is 0 Å². The van der Waals surface area contributed by atoms with E-state index in [9.17, 15) is 9.59 Å². The van der Waals surface area contributed by atoms with Crippen LogP contribution >= 0.6 is 0 Å². The fraction of sp³-hybridized carbons (Fsp3) is 0.846. The van der Waals surface area contributed by atoms with E-state index in [0.717, 1.165) is 19.4 Å². The highest BCUT2D eigenvalue weighted by atomic mass is 16.5. The maximum atomic E-state index is 12.6. The Morgan fingerprint density at radius 3 is 2.53 bits per heavy atom. The van der Waals surface area contributed by atoms with Gasteiger partial charge in [0.15, 0.2) is 0 Å². The number of amides is 2. The lowest BCUT2D eigenvalue weighted by molar-refractivity contribution is -0.143. The van der Waals surface area contributed by atoms with Crippen molar-refractivity contribution in [1.29, 1.82) is 0 Å². The van der Waals surface area contributed by atoms with Gasteiger partial charge in [-0.25, -0.2) is 0 Å². The maximum absolute atomic E-state index is 12.6. The van der Waals surface area contributed by atoms with Gasteiger partial charge in [-0.3, -0.25) is 9.59 Å². The van der Waals surface area contributed by atoms with Crippen molar-refractivity contribution in [2.45, 2.75) is 25.3 Å². The molecular formula is C13H25N3O3. The number of methoxy groups -OCH3 is 1. The van der Waals surface area contributed by atoms with Gasteiger partial charge < -0.3 is 19.9 Å².